The summed E-state index contributed by atoms with van der Waals surface area (Å²) in [5, 5.41) is 9.68. The summed E-state index contributed by atoms with van der Waals surface area (Å²) in [7, 11) is 0. The van der Waals surface area contributed by atoms with Gasteiger partial charge in [-0.3, -0.25) is 0 Å². The van der Waals surface area contributed by atoms with Crippen molar-refractivity contribution in [3.05, 3.63) is 58.1 Å². The zero-order chi connectivity index (χ0) is 28.1. The first kappa shape index (κ1) is 31.5. The van der Waals surface area contributed by atoms with Crippen molar-refractivity contribution in [2.24, 2.45) is 0 Å². The number of benzene rings is 2. The van der Waals surface area contributed by atoms with Crippen LogP contribution in [0.1, 0.15) is 18.9 Å². The van der Waals surface area contributed by atoms with E-state index in [2.05, 4.69) is 4.74 Å². The van der Waals surface area contributed by atoms with E-state index in [0.29, 0.717) is 10.8 Å². The lowest BCUT2D eigenvalue weighted by Gasteiger charge is -2.22. The third kappa shape index (κ3) is 11.8. The Morgan fingerprint density at radius 3 is 2.37 bits per heavy atom. The van der Waals surface area contributed by atoms with Crippen LogP contribution in [0.4, 0.5) is 18.0 Å². The number of nitrogens with zero attached hydrogens (tertiary/aromatic N) is 1. The van der Waals surface area contributed by atoms with Gasteiger partial charge in [0.05, 0.1) is 11.6 Å². The molecule has 0 spiro atoms. The first-order valence-electron chi connectivity index (χ1n) is 11.6. The minimum absolute atomic E-state index is 0.0399. The van der Waals surface area contributed by atoms with Gasteiger partial charge >= 0.3 is 18.2 Å². The Labute approximate surface area is 228 Å². The Bertz CT molecular complexity index is 1040. The lowest BCUT2D eigenvalue weighted by atomic mass is 10.1. The van der Waals surface area contributed by atoms with Gasteiger partial charge in [0.25, 0.3) is 0 Å². The van der Waals surface area contributed by atoms with E-state index in [9.17, 15) is 27.9 Å². The Balaban J connectivity index is 1.94. The number of carboxylic acids is 1. The van der Waals surface area contributed by atoms with Gasteiger partial charge in [-0.05, 0) is 49.2 Å². The van der Waals surface area contributed by atoms with Crippen molar-refractivity contribution in [3.63, 3.8) is 0 Å². The van der Waals surface area contributed by atoms with E-state index in [1.54, 1.807) is 31.2 Å². The Hall–Kier alpha value is -2.73. The zero-order valence-corrected chi connectivity index (χ0v) is 22.0. The molecule has 1 atom stereocenters. The molecule has 0 heterocycles. The summed E-state index contributed by atoms with van der Waals surface area (Å²) in [6.45, 7) is 0.528. The summed E-state index contributed by atoms with van der Waals surface area (Å²) >= 11 is 11.9. The van der Waals surface area contributed by atoms with Gasteiger partial charge in [-0.15, -0.1) is 0 Å². The van der Waals surface area contributed by atoms with E-state index in [0.717, 1.165) is 5.56 Å². The maximum absolute atomic E-state index is 12.7. The predicted molar refractivity (Wildman–Crippen MR) is 134 cm³/mol. The molecule has 0 aliphatic heterocycles. The molecule has 1 unspecified atom stereocenters. The van der Waals surface area contributed by atoms with Crippen LogP contribution in [0, 0.1) is 0 Å². The van der Waals surface area contributed by atoms with Crippen molar-refractivity contribution in [3.8, 4) is 11.5 Å². The maximum atomic E-state index is 12.7. The number of halogens is 5. The average molecular weight is 582 g/mol. The largest absolute Gasteiger partial charge is 0.492 e. The highest BCUT2D eigenvalue weighted by molar-refractivity contribution is 6.35. The van der Waals surface area contributed by atoms with Gasteiger partial charge in [0.2, 0.25) is 0 Å². The molecule has 38 heavy (non-hydrogen) atoms. The van der Waals surface area contributed by atoms with E-state index >= 15 is 0 Å². The number of hydrogen-bond donors (Lipinski definition) is 1. The normalized spacial score (nSPS) is 12.2. The topological polar surface area (TPSA) is 94.5 Å². The fourth-order valence-electron chi connectivity index (χ4n) is 3.18. The molecule has 2 aromatic carbocycles. The molecule has 2 rings (SSSR count). The third-order valence-electron chi connectivity index (χ3n) is 4.95. The lowest BCUT2D eigenvalue weighted by molar-refractivity contribution is -0.174. The fraction of sp³-hybridized carbons (Fsp3) is 0.440. The van der Waals surface area contributed by atoms with Crippen LogP contribution in [0.5, 0.6) is 11.5 Å². The molecular formula is C25H28Cl2F3NO7. The van der Waals surface area contributed by atoms with E-state index in [1.165, 1.54) is 23.1 Å². The number of carbonyl (C=O) groups is 2. The minimum Gasteiger partial charge on any atom is -0.492 e. The molecule has 0 bridgehead atoms. The molecule has 210 valence electrons. The summed E-state index contributed by atoms with van der Waals surface area (Å²) in [6.07, 6.45) is -5.86. The molecule has 13 heteroatoms. The van der Waals surface area contributed by atoms with Gasteiger partial charge in [-0.1, -0.05) is 35.3 Å². The minimum atomic E-state index is -4.44. The van der Waals surface area contributed by atoms with Crippen molar-refractivity contribution in [2.75, 3.05) is 39.5 Å². The van der Waals surface area contributed by atoms with Crippen LogP contribution in [0.2, 0.25) is 10.0 Å². The highest BCUT2D eigenvalue weighted by Crippen LogP contribution is 2.28. The molecule has 8 nitrogen and oxygen atoms in total. The van der Waals surface area contributed by atoms with Crippen LogP contribution in [-0.2, 0) is 20.7 Å². The Kier molecular flexibility index (Phi) is 12.9. The van der Waals surface area contributed by atoms with Crippen LogP contribution >= 0.6 is 23.2 Å². The molecule has 0 saturated heterocycles. The molecule has 2 aromatic rings. The van der Waals surface area contributed by atoms with Crippen LogP contribution < -0.4 is 9.47 Å². The molecule has 0 aliphatic rings. The number of alkyl halides is 3. The predicted octanol–water partition coefficient (Wildman–Crippen LogP) is 5.87. The lowest BCUT2D eigenvalue weighted by Crippen LogP contribution is -2.38. The molecule has 0 saturated carbocycles. The summed E-state index contributed by atoms with van der Waals surface area (Å²) in [5.74, 6) is -0.509. The number of amides is 1. The highest BCUT2D eigenvalue weighted by atomic mass is 35.5. The molecular weight excluding hydrogens is 554 g/mol. The fourth-order valence-corrected chi connectivity index (χ4v) is 3.63. The van der Waals surface area contributed by atoms with E-state index in [1.807, 2.05) is 0 Å². The first-order valence-corrected chi connectivity index (χ1v) is 12.4. The van der Waals surface area contributed by atoms with Crippen molar-refractivity contribution < 1.29 is 46.8 Å². The zero-order valence-electron chi connectivity index (χ0n) is 20.5. The SMILES string of the molecule is CCOC(Cc1ccc(OCCN(CCCOCC(F)(F)F)C(=O)Oc2ccc(Cl)cc2Cl)cc1)C(=O)O. The average Bonchev–Trinajstić information content (AvgIpc) is 2.84. The van der Waals surface area contributed by atoms with Gasteiger partial charge in [0.1, 0.15) is 19.0 Å². The van der Waals surface area contributed by atoms with E-state index < -0.39 is 30.9 Å². The summed E-state index contributed by atoms with van der Waals surface area (Å²) in [4.78, 5) is 25.3. The van der Waals surface area contributed by atoms with Gasteiger partial charge in [-0.2, -0.15) is 13.2 Å². The summed E-state index contributed by atoms with van der Waals surface area (Å²) in [6, 6.07) is 11.0. The number of ether oxygens (including phenoxy) is 4. The second-order valence-electron chi connectivity index (χ2n) is 7.93. The quantitative estimate of drug-likeness (QED) is 0.263. The molecule has 0 aromatic heterocycles. The number of carboxylic acid groups (broad SMARTS) is 1. The number of aliphatic carboxylic acids is 1. The van der Waals surface area contributed by atoms with Crippen LogP contribution in [0.3, 0.4) is 0 Å². The maximum Gasteiger partial charge on any atom is 0.415 e. The molecule has 1 amide bonds. The molecule has 1 N–H and O–H groups in total. The van der Waals surface area contributed by atoms with Crippen LogP contribution in [-0.4, -0.2) is 73.9 Å². The summed E-state index contributed by atoms with van der Waals surface area (Å²) < 4.78 is 57.7. The van der Waals surface area contributed by atoms with Crippen molar-refractivity contribution in [2.45, 2.75) is 32.0 Å². The standard InChI is InChI=1S/C25H28Cl2F3NO7/c1-2-36-22(23(32)33)14-17-4-7-19(8-5-17)37-13-11-31(10-3-12-35-16-25(28,29)30)24(34)38-21-9-6-18(26)15-20(21)27/h4-9,15,22H,2-3,10-14,16H2,1H3,(H,32,33). The van der Waals surface area contributed by atoms with Crippen LogP contribution in [0.15, 0.2) is 42.5 Å². The van der Waals surface area contributed by atoms with Crippen molar-refractivity contribution >= 4 is 35.3 Å². The third-order valence-corrected chi connectivity index (χ3v) is 5.48. The molecule has 0 aliphatic carbocycles. The van der Waals surface area contributed by atoms with Gasteiger partial charge in [0.15, 0.2) is 11.9 Å². The number of carbonyl (C=O) groups excluding carboxylic acids is 1. The van der Waals surface area contributed by atoms with Crippen LogP contribution in [0.25, 0.3) is 0 Å². The van der Waals surface area contributed by atoms with Crippen molar-refractivity contribution in [1.29, 1.82) is 0 Å². The Morgan fingerprint density at radius 2 is 1.76 bits per heavy atom. The van der Waals surface area contributed by atoms with Gasteiger partial charge < -0.3 is 29.0 Å². The van der Waals surface area contributed by atoms with E-state index in [-0.39, 0.29) is 56.5 Å². The summed E-state index contributed by atoms with van der Waals surface area (Å²) in [5.41, 5.74) is 0.738. The molecule has 0 radical (unpaired) electrons. The van der Waals surface area contributed by atoms with Gasteiger partial charge in [-0.25, -0.2) is 9.59 Å². The van der Waals surface area contributed by atoms with Crippen molar-refractivity contribution in [1.82, 2.24) is 4.90 Å². The first-order chi connectivity index (χ1) is 18.0. The highest BCUT2D eigenvalue weighted by Gasteiger charge is 2.27. The van der Waals surface area contributed by atoms with Gasteiger partial charge in [0, 0.05) is 31.2 Å². The van der Waals surface area contributed by atoms with E-state index in [4.69, 9.17) is 37.4 Å². The monoisotopic (exact) mass is 581 g/mol. The second-order valence-corrected chi connectivity index (χ2v) is 8.77. The second kappa shape index (κ2) is 15.6. The Morgan fingerprint density at radius 1 is 1.05 bits per heavy atom. The smallest absolute Gasteiger partial charge is 0.415 e. The number of hydrogen-bond acceptors (Lipinski definition) is 6. The number of rotatable bonds is 15. The molecule has 0 fully saturated rings.